The van der Waals surface area contributed by atoms with E-state index >= 15 is 0 Å². The van der Waals surface area contributed by atoms with Crippen LogP contribution < -0.4 is 9.46 Å². The van der Waals surface area contributed by atoms with Crippen molar-refractivity contribution < 1.29 is 23.4 Å². The zero-order valence-corrected chi connectivity index (χ0v) is 20.5. The molecule has 1 fully saturated rings. The number of pyridine rings is 1. The predicted octanol–water partition coefficient (Wildman–Crippen LogP) is 3.05. The first-order valence-corrected chi connectivity index (χ1v) is 12.9. The van der Waals surface area contributed by atoms with E-state index in [1.54, 1.807) is 54.6 Å². The smallest absolute Gasteiger partial charge is 0.217 e. The molecule has 1 aromatic heterocycles. The molecule has 0 radical (unpaired) electrons. The number of nitrogens with zero attached hydrogens (tertiary/aromatic N) is 1. The van der Waals surface area contributed by atoms with E-state index < -0.39 is 38.5 Å². The number of sulfonamides is 1. The number of halogens is 2. The SMILES string of the molecule is CNS(=O)(=O)C1C(O)C2(O)c3ncc(Cl)cc3OC2(c2ccc(Br)cc2)C1c1ccccc1. The van der Waals surface area contributed by atoms with Crippen LogP contribution in [0.25, 0.3) is 0 Å². The Morgan fingerprint density at radius 1 is 1.15 bits per heavy atom. The largest absolute Gasteiger partial charge is 0.476 e. The summed E-state index contributed by atoms with van der Waals surface area (Å²) in [5.74, 6) is -0.807. The Bertz CT molecular complexity index is 1320. The van der Waals surface area contributed by atoms with Crippen molar-refractivity contribution in [3.63, 3.8) is 0 Å². The molecule has 1 aliphatic carbocycles. The minimum absolute atomic E-state index is 0.0389. The standard InChI is InChI=1S/C23H20BrClN2O5S/c1-26-33(30,31)19-18(13-5-3-2-4-6-13)23(14-7-9-15(24)10-8-14)22(29,21(19)28)20-17(32-23)11-16(25)12-27-20/h2-12,18-19,21,26,28-29H,1H3. The van der Waals surface area contributed by atoms with Crippen molar-refractivity contribution in [1.82, 2.24) is 9.71 Å². The Kier molecular flexibility index (Phi) is 5.35. The Balaban J connectivity index is 1.90. The predicted molar refractivity (Wildman–Crippen MR) is 127 cm³/mol. The fourth-order valence-electron chi connectivity index (χ4n) is 5.25. The molecule has 1 saturated carbocycles. The van der Waals surface area contributed by atoms with Gasteiger partial charge in [0.25, 0.3) is 0 Å². The third kappa shape index (κ3) is 3.03. The van der Waals surface area contributed by atoms with Crippen molar-refractivity contribution in [3.8, 4) is 5.75 Å². The molecule has 5 rings (SSSR count). The van der Waals surface area contributed by atoms with Crippen LogP contribution >= 0.6 is 27.5 Å². The topological polar surface area (TPSA) is 109 Å². The lowest BCUT2D eigenvalue weighted by Crippen LogP contribution is -2.52. The van der Waals surface area contributed by atoms with Gasteiger partial charge in [0.05, 0.1) is 10.9 Å². The van der Waals surface area contributed by atoms with Gasteiger partial charge in [0.2, 0.25) is 10.0 Å². The average Bonchev–Trinajstić information content (AvgIpc) is 3.18. The van der Waals surface area contributed by atoms with Crippen LogP contribution in [0.4, 0.5) is 0 Å². The van der Waals surface area contributed by atoms with E-state index in [4.69, 9.17) is 16.3 Å². The number of rotatable bonds is 4. The summed E-state index contributed by atoms with van der Waals surface area (Å²) >= 11 is 9.57. The lowest BCUT2D eigenvalue weighted by atomic mass is 9.72. The number of benzene rings is 2. The van der Waals surface area contributed by atoms with Crippen molar-refractivity contribution in [3.05, 3.63) is 93.2 Å². The number of ether oxygens (including phenoxy) is 1. The highest BCUT2D eigenvalue weighted by Crippen LogP contribution is 2.67. The van der Waals surface area contributed by atoms with Gasteiger partial charge in [-0.05, 0) is 30.3 Å². The lowest BCUT2D eigenvalue weighted by molar-refractivity contribution is -0.150. The molecule has 0 saturated heterocycles. The summed E-state index contributed by atoms with van der Waals surface area (Å²) in [4.78, 5) is 4.29. The van der Waals surface area contributed by atoms with Crippen LogP contribution in [0.15, 0.2) is 71.3 Å². The molecule has 2 heterocycles. The molecule has 5 atom stereocenters. The Labute approximate surface area is 204 Å². The molecule has 172 valence electrons. The van der Waals surface area contributed by atoms with Gasteiger partial charge in [-0.25, -0.2) is 13.1 Å². The second kappa shape index (κ2) is 7.76. The number of hydrogen-bond donors (Lipinski definition) is 3. The van der Waals surface area contributed by atoms with Gasteiger partial charge < -0.3 is 14.9 Å². The molecule has 0 spiro atoms. The maximum absolute atomic E-state index is 13.3. The maximum Gasteiger partial charge on any atom is 0.217 e. The quantitative estimate of drug-likeness (QED) is 0.460. The molecule has 0 bridgehead atoms. The molecular formula is C23H20BrClN2O5S. The van der Waals surface area contributed by atoms with Crippen molar-refractivity contribution in [1.29, 1.82) is 0 Å². The molecular weight excluding hydrogens is 532 g/mol. The van der Waals surface area contributed by atoms with Gasteiger partial charge in [-0.15, -0.1) is 0 Å². The van der Waals surface area contributed by atoms with Crippen LogP contribution in [0.3, 0.4) is 0 Å². The summed E-state index contributed by atoms with van der Waals surface area (Å²) < 4.78 is 36.1. The molecule has 0 amide bonds. The lowest BCUT2D eigenvalue weighted by Gasteiger charge is -2.40. The third-order valence-corrected chi connectivity index (χ3v) is 9.15. The summed E-state index contributed by atoms with van der Waals surface area (Å²) in [6.45, 7) is 0. The van der Waals surface area contributed by atoms with Gasteiger partial charge >= 0.3 is 0 Å². The van der Waals surface area contributed by atoms with Gasteiger partial charge in [-0.3, -0.25) is 4.98 Å². The normalized spacial score (nSPS) is 30.5. The number of hydrogen-bond acceptors (Lipinski definition) is 6. The van der Waals surface area contributed by atoms with E-state index in [2.05, 4.69) is 25.6 Å². The van der Waals surface area contributed by atoms with Gasteiger partial charge in [-0.2, -0.15) is 0 Å². The van der Waals surface area contributed by atoms with E-state index in [1.165, 1.54) is 19.3 Å². The van der Waals surface area contributed by atoms with E-state index in [1.807, 2.05) is 0 Å². The van der Waals surface area contributed by atoms with E-state index in [9.17, 15) is 18.6 Å². The fraction of sp³-hybridized carbons (Fsp3) is 0.261. The first kappa shape index (κ1) is 22.8. The summed E-state index contributed by atoms with van der Waals surface area (Å²) in [6, 6.07) is 17.4. The minimum Gasteiger partial charge on any atom is -0.476 e. The number of nitrogens with one attached hydrogen (secondary N) is 1. The zero-order valence-electron chi connectivity index (χ0n) is 17.3. The van der Waals surface area contributed by atoms with Gasteiger partial charge in [-0.1, -0.05) is 70.0 Å². The second-order valence-corrected chi connectivity index (χ2v) is 11.6. The van der Waals surface area contributed by atoms with Crippen LogP contribution in [0.2, 0.25) is 5.02 Å². The van der Waals surface area contributed by atoms with Crippen molar-refractivity contribution in [2.75, 3.05) is 7.05 Å². The molecule has 10 heteroatoms. The minimum atomic E-state index is -4.09. The highest BCUT2D eigenvalue weighted by molar-refractivity contribution is 9.10. The van der Waals surface area contributed by atoms with Gasteiger partial charge in [0.1, 0.15) is 22.8 Å². The van der Waals surface area contributed by atoms with Crippen molar-refractivity contribution >= 4 is 37.6 Å². The monoisotopic (exact) mass is 550 g/mol. The van der Waals surface area contributed by atoms with E-state index in [0.717, 1.165) is 4.47 Å². The van der Waals surface area contributed by atoms with Gasteiger partial charge in [0, 0.05) is 16.7 Å². The van der Waals surface area contributed by atoms with Crippen LogP contribution in [0, 0.1) is 0 Å². The first-order valence-electron chi connectivity index (χ1n) is 10.2. The van der Waals surface area contributed by atoms with Crippen molar-refractivity contribution in [2.45, 2.75) is 28.5 Å². The zero-order chi connectivity index (χ0) is 23.6. The number of aliphatic hydroxyl groups excluding tert-OH is 1. The van der Waals surface area contributed by atoms with Gasteiger partial charge in [0.15, 0.2) is 11.2 Å². The molecule has 33 heavy (non-hydrogen) atoms. The highest BCUT2D eigenvalue weighted by atomic mass is 79.9. The number of aromatic nitrogens is 1. The fourth-order valence-corrected chi connectivity index (χ4v) is 7.18. The second-order valence-electron chi connectivity index (χ2n) is 8.16. The Morgan fingerprint density at radius 3 is 2.45 bits per heavy atom. The highest BCUT2D eigenvalue weighted by Gasteiger charge is 2.79. The van der Waals surface area contributed by atoms with Crippen LogP contribution in [-0.2, 0) is 21.2 Å². The summed E-state index contributed by atoms with van der Waals surface area (Å²) in [7, 11) is -2.81. The van der Waals surface area contributed by atoms with Crippen LogP contribution in [-0.4, -0.2) is 42.0 Å². The van der Waals surface area contributed by atoms with Crippen LogP contribution in [0.1, 0.15) is 22.7 Å². The maximum atomic E-state index is 13.3. The molecule has 2 aromatic carbocycles. The van der Waals surface area contributed by atoms with Crippen LogP contribution in [0.5, 0.6) is 5.75 Å². The molecule has 1 aliphatic heterocycles. The Hall–Kier alpha value is -2.01. The molecule has 7 nitrogen and oxygen atoms in total. The average molecular weight is 552 g/mol. The van der Waals surface area contributed by atoms with Crippen molar-refractivity contribution in [2.24, 2.45) is 0 Å². The molecule has 2 aliphatic rings. The molecule has 3 N–H and O–H groups in total. The third-order valence-electron chi connectivity index (χ3n) is 6.60. The van der Waals surface area contributed by atoms with E-state index in [0.29, 0.717) is 11.1 Å². The Morgan fingerprint density at radius 2 is 1.82 bits per heavy atom. The summed E-state index contributed by atoms with van der Waals surface area (Å²) in [5, 5.41) is 22.7. The van der Waals surface area contributed by atoms with E-state index in [-0.39, 0.29) is 16.5 Å². The number of fused-ring (bicyclic) bond motifs is 3. The molecule has 5 unspecified atom stereocenters. The summed E-state index contributed by atoms with van der Waals surface area (Å²) in [6.07, 6.45) is -0.428. The number of aliphatic hydroxyl groups is 2. The molecule has 3 aromatic rings. The first-order chi connectivity index (χ1) is 15.7. The summed E-state index contributed by atoms with van der Waals surface area (Å²) in [5.41, 5.74) is -2.78.